The van der Waals surface area contributed by atoms with Gasteiger partial charge in [-0.25, -0.2) is 0 Å². The third kappa shape index (κ3) is 2.47. The van der Waals surface area contributed by atoms with Crippen LogP contribution in [0.2, 0.25) is 0 Å². The molecule has 0 aromatic rings. The van der Waals surface area contributed by atoms with Crippen molar-refractivity contribution in [3.63, 3.8) is 0 Å². The van der Waals surface area contributed by atoms with Crippen molar-refractivity contribution in [3.05, 3.63) is 0 Å². The number of amides is 1. The van der Waals surface area contributed by atoms with Crippen LogP contribution in [-0.4, -0.2) is 15.9 Å². The van der Waals surface area contributed by atoms with Crippen LogP contribution in [0, 0.1) is 0 Å². The number of nitrogens with two attached hydrogens (primary N) is 1. The van der Waals surface area contributed by atoms with E-state index in [1.165, 1.54) is 6.92 Å². The Morgan fingerprint density at radius 3 is 2.14 bits per heavy atom. The van der Waals surface area contributed by atoms with Gasteiger partial charge in [0.05, 0.1) is 0 Å². The number of rotatable bonds is 1. The number of hydrogen-bond donors (Lipinski definition) is 3. The predicted octanol–water partition coefficient (Wildman–Crippen LogP) is -0.890. The molecule has 3 nitrogen and oxygen atoms in total. The summed E-state index contributed by atoms with van der Waals surface area (Å²) in [5, 5.41) is 8.48. The average Bonchev–Trinajstić information content (AvgIpc) is 1.31. The van der Waals surface area contributed by atoms with Crippen LogP contribution >= 0.6 is 12.6 Å². The smallest absolute Gasteiger partial charge is 0.259 e. The summed E-state index contributed by atoms with van der Waals surface area (Å²) >= 11 is 3.43. The SMILES string of the molecule is CC(O)(S)C(N)=O. The zero-order chi connectivity index (χ0) is 6.08. The molecule has 0 aliphatic rings. The topological polar surface area (TPSA) is 63.3 Å². The van der Waals surface area contributed by atoms with Crippen molar-refractivity contribution in [2.45, 2.75) is 11.9 Å². The van der Waals surface area contributed by atoms with Crippen molar-refractivity contribution < 1.29 is 9.90 Å². The van der Waals surface area contributed by atoms with E-state index < -0.39 is 10.8 Å². The normalized spacial score (nSPS) is 18.1. The van der Waals surface area contributed by atoms with E-state index in [1.807, 2.05) is 0 Å². The summed E-state index contributed by atoms with van der Waals surface area (Å²) in [5.74, 6) is -0.837. The minimum atomic E-state index is -1.67. The monoisotopic (exact) mass is 121 g/mol. The van der Waals surface area contributed by atoms with Crippen LogP contribution in [0.25, 0.3) is 0 Å². The largest absolute Gasteiger partial charge is 0.371 e. The number of primary amides is 1. The van der Waals surface area contributed by atoms with Crippen LogP contribution in [0.15, 0.2) is 0 Å². The van der Waals surface area contributed by atoms with Gasteiger partial charge in [-0.15, -0.1) is 12.6 Å². The van der Waals surface area contributed by atoms with E-state index in [0.29, 0.717) is 0 Å². The van der Waals surface area contributed by atoms with Crippen LogP contribution in [0.1, 0.15) is 6.92 Å². The van der Waals surface area contributed by atoms with Gasteiger partial charge in [0.25, 0.3) is 5.91 Å². The standard InChI is InChI=1S/C3H7NO2S/c1-3(6,7)2(4)5/h6-7H,1H3,(H2,4,5). The molecule has 1 unspecified atom stereocenters. The number of carbonyl (C=O) groups excluding carboxylic acids is 1. The third-order valence-electron chi connectivity index (χ3n) is 0.467. The summed E-state index contributed by atoms with van der Waals surface area (Å²) in [7, 11) is 0. The molecule has 0 aromatic heterocycles. The first-order valence-electron chi connectivity index (χ1n) is 1.69. The molecule has 0 bridgehead atoms. The van der Waals surface area contributed by atoms with E-state index in [2.05, 4.69) is 18.4 Å². The van der Waals surface area contributed by atoms with E-state index in [-0.39, 0.29) is 0 Å². The first-order valence-corrected chi connectivity index (χ1v) is 2.14. The molecule has 0 spiro atoms. The van der Waals surface area contributed by atoms with Crippen molar-refractivity contribution in [3.8, 4) is 0 Å². The summed E-state index contributed by atoms with van der Waals surface area (Å²) in [6.45, 7) is 1.21. The van der Waals surface area contributed by atoms with E-state index in [9.17, 15) is 4.79 Å². The molecule has 0 aliphatic heterocycles. The van der Waals surface area contributed by atoms with Gasteiger partial charge in [0.2, 0.25) is 0 Å². The Kier molecular flexibility index (Phi) is 1.66. The van der Waals surface area contributed by atoms with Gasteiger partial charge in [0.15, 0.2) is 4.93 Å². The highest BCUT2D eigenvalue weighted by Gasteiger charge is 2.20. The maximum atomic E-state index is 9.92. The van der Waals surface area contributed by atoms with Crippen LogP contribution < -0.4 is 5.73 Å². The van der Waals surface area contributed by atoms with Gasteiger partial charge in [0, 0.05) is 0 Å². The van der Waals surface area contributed by atoms with Gasteiger partial charge < -0.3 is 10.8 Å². The number of aliphatic hydroxyl groups is 1. The molecule has 0 fully saturated rings. The summed E-state index contributed by atoms with van der Waals surface area (Å²) < 4.78 is 0. The number of thiol groups is 1. The lowest BCUT2D eigenvalue weighted by molar-refractivity contribution is -0.127. The van der Waals surface area contributed by atoms with Crippen molar-refractivity contribution in [2.75, 3.05) is 0 Å². The van der Waals surface area contributed by atoms with Crippen molar-refractivity contribution >= 4 is 18.5 Å². The highest BCUT2D eigenvalue weighted by Crippen LogP contribution is 2.04. The van der Waals surface area contributed by atoms with Gasteiger partial charge in [-0.3, -0.25) is 4.79 Å². The van der Waals surface area contributed by atoms with Gasteiger partial charge in [-0.05, 0) is 6.92 Å². The molecule has 0 heterocycles. The Morgan fingerprint density at radius 2 is 2.14 bits per heavy atom. The fraction of sp³-hybridized carbons (Fsp3) is 0.667. The zero-order valence-corrected chi connectivity index (χ0v) is 4.77. The second-order valence-corrected chi connectivity index (χ2v) is 2.26. The molecule has 0 aliphatic carbocycles. The van der Waals surface area contributed by atoms with Crippen LogP contribution in [0.4, 0.5) is 0 Å². The second kappa shape index (κ2) is 1.71. The molecule has 0 rings (SSSR count). The lowest BCUT2D eigenvalue weighted by Crippen LogP contribution is -2.35. The van der Waals surface area contributed by atoms with Crippen molar-refractivity contribution in [2.24, 2.45) is 5.73 Å². The molecule has 42 valence electrons. The number of carbonyl (C=O) groups is 1. The lowest BCUT2D eigenvalue weighted by atomic mass is 10.4. The summed E-state index contributed by atoms with van der Waals surface area (Å²) in [6.07, 6.45) is 0. The highest BCUT2D eigenvalue weighted by atomic mass is 32.1. The number of hydrogen-bond acceptors (Lipinski definition) is 3. The van der Waals surface area contributed by atoms with Crippen LogP contribution in [0.5, 0.6) is 0 Å². The Labute approximate surface area is 46.9 Å². The van der Waals surface area contributed by atoms with Crippen molar-refractivity contribution in [1.82, 2.24) is 0 Å². The molecule has 1 atom stereocenters. The van der Waals surface area contributed by atoms with E-state index in [4.69, 9.17) is 5.11 Å². The van der Waals surface area contributed by atoms with Gasteiger partial charge >= 0.3 is 0 Å². The Balaban J connectivity index is 3.79. The predicted molar refractivity (Wildman–Crippen MR) is 28.8 cm³/mol. The Bertz CT molecular complexity index is 85.4. The van der Waals surface area contributed by atoms with Crippen molar-refractivity contribution in [1.29, 1.82) is 0 Å². The quantitative estimate of drug-likeness (QED) is 0.311. The molecule has 0 radical (unpaired) electrons. The minimum absolute atomic E-state index is 0.837. The second-order valence-electron chi connectivity index (χ2n) is 1.39. The first kappa shape index (κ1) is 6.78. The first-order chi connectivity index (χ1) is 2.94. The van der Waals surface area contributed by atoms with E-state index in [0.717, 1.165) is 0 Å². The molecule has 1 amide bonds. The van der Waals surface area contributed by atoms with E-state index >= 15 is 0 Å². The fourth-order valence-corrected chi connectivity index (χ4v) is 0. The van der Waals surface area contributed by atoms with Gasteiger partial charge in [0.1, 0.15) is 0 Å². The highest BCUT2D eigenvalue weighted by molar-refractivity contribution is 7.82. The van der Waals surface area contributed by atoms with Gasteiger partial charge in [-0.2, -0.15) is 0 Å². The Hall–Kier alpha value is -0.220. The summed E-state index contributed by atoms with van der Waals surface area (Å²) in [4.78, 5) is 8.25. The average molecular weight is 121 g/mol. The molecular weight excluding hydrogens is 114 g/mol. The van der Waals surface area contributed by atoms with E-state index in [1.54, 1.807) is 0 Å². The molecular formula is C3H7NO2S. The third-order valence-corrected chi connectivity index (χ3v) is 0.687. The molecule has 0 saturated heterocycles. The molecule has 4 heteroatoms. The maximum absolute atomic E-state index is 9.92. The van der Waals surface area contributed by atoms with Gasteiger partial charge in [-0.1, -0.05) is 0 Å². The molecule has 0 aromatic carbocycles. The molecule has 0 saturated carbocycles. The van der Waals surface area contributed by atoms with Crippen LogP contribution in [0.3, 0.4) is 0 Å². The molecule has 7 heavy (non-hydrogen) atoms. The molecule has 3 N–H and O–H groups in total. The maximum Gasteiger partial charge on any atom is 0.259 e. The minimum Gasteiger partial charge on any atom is -0.371 e. The summed E-state index contributed by atoms with van der Waals surface area (Å²) in [6, 6.07) is 0. The lowest BCUT2D eigenvalue weighted by Gasteiger charge is -2.08. The van der Waals surface area contributed by atoms with Crippen LogP contribution in [-0.2, 0) is 4.79 Å². The Morgan fingerprint density at radius 1 is 2.00 bits per heavy atom. The fourth-order valence-electron chi connectivity index (χ4n) is 0. The summed E-state index contributed by atoms with van der Waals surface area (Å²) in [5.41, 5.74) is 4.60. The zero-order valence-electron chi connectivity index (χ0n) is 3.88.